The summed E-state index contributed by atoms with van der Waals surface area (Å²) in [6.45, 7) is 15.2. The Bertz CT molecular complexity index is 210. The molecule has 0 saturated heterocycles. The molecule has 0 aliphatic carbocycles. The van der Waals surface area contributed by atoms with E-state index in [0.717, 1.165) is 6.61 Å². The molecule has 0 amide bonds. The molecule has 5 nitrogen and oxygen atoms in total. The van der Waals surface area contributed by atoms with E-state index >= 15 is 0 Å². The maximum absolute atomic E-state index is 5.88. The molecule has 4 unspecified atom stereocenters. The Balaban J connectivity index is 3.82. The molecule has 10 heteroatoms. The quantitative estimate of drug-likeness (QED) is 0.539. The Hall–Kier alpha value is 0.884. The van der Waals surface area contributed by atoms with Crippen molar-refractivity contribution in [3.63, 3.8) is 0 Å². The van der Waals surface area contributed by atoms with Gasteiger partial charge < -0.3 is 20.9 Å². The van der Waals surface area contributed by atoms with Crippen molar-refractivity contribution in [3.8, 4) is 0 Å². The third-order valence-electron chi connectivity index (χ3n) is 2.02. The highest BCUT2D eigenvalue weighted by Crippen LogP contribution is 2.02. The van der Waals surface area contributed by atoms with Gasteiger partial charge in [-0.05, 0) is 46.2 Å². The number of hydrogen-bond donors (Lipinski definition) is 0. The predicted molar refractivity (Wildman–Crippen MR) is 86.9 cm³/mol. The van der Waals surface area contributed by atoms with Crippen molar-refractivity contribution in [1.29, 1.82) is 0 Å². The van der Waals surface area contributed by atoms with Crippen LogP contribution in [-0.4, -0.2) is 52.8 Å². The molecule has 0 saturated carbocycles. The highest BCUT2D eigenvalue weighted by molar-refractivity contribution is 6.69. The zero-order valence-corrected chi connectivity index (χ0v) is 18.4. The smallest absolute Gasteiger partial charge is 0.309 e. The summed E-state index contributed by atoms with van der Waals surface area (Å²) in [5, 5.41) is 0. The first-order valence-electron chi connectivity index (χ1n) is 6.58. The molecular weight excluding hydrogens is 317 g/mol. The number of hydrogen-bond acceptors (Lipinski definition) is 5. The van der Waals surface area contributed by atoms with Crippen molar-refractivity contribution in [2.24, 2.45) is 0 Å². The zero-order chi connectivity index (χ0) is 14.1. The molecule has 0 radical (unpaired) electrons. The first kappa shape index (κ1) is 18.9. The molecular formula is C8H28O5Si5. The van der Waals surface area contributed by atoms with Crippen LogP contribution in [0.3, 0.4) is 0 Å². The van der Waals surface area contributed by atoms with E-state index in [9.17, 15) is 0 Å². The second-order valence-corrected chi connectivity index (χ2v) is 15.6. The molecule has 18 heavy (non-hydrogen) atoms. The van der Waals surface area contributed by atoms with Crippen LogP contribution < -0.4 is 0 Å². The minimum absolute atomic E-state index is 0.717. The van der Waals surface area contributed by atoms with Crippen LogP contribution in [0.15, 0.2) is 0 Å². The van der Waals surface area contributed by atoms with Crippen molar-refractivity contribution in [2.75, 3.05) is 6.61 Å². The Morgan fingerprint density at radius 3 is 1.39 bits per heavy atom. The van der Waals surface area contributed by atoms with E-state index in [0.29, 0.717) is 0 Å². The predicted octanol–water partition coefficient (Wildman–Crippen LogP) is 0.474. The summed E-state index contributed by atoms with van der Waals surface area (Å²) in [4.78, 5) is 0. The van der Waals surface area contributed by atoms with Crippen LogP contribution in [-0.2, 0) is 20.9 Å². The highest BCUT2D eigenvalue weighted by atomic mass is 28.5. The minimum Gasteiger partial charge on any atom is -0.442 e. The van der Waals surface area contributed by atoms with Gasteiger partial charge in [-0.1, -0.05) is 0 Å². The van der Waals surface area contributed by atoms with Crippen molar-refractivity contribution in [2.45, 2.75) is 46.2 Å². The van der Waals surface area contributed by atoms with Crippen LogP contribution in [0.4, 0.5) is 0 Å². The molecule has 0 aliphatic heterocycles. The summed E-state index contributed by atoms with van der Waals surface area (Å²) in [6, 6.07) is 0. The summed E-state index contributed by atoms with van der Waals surface area (Å²) < 4.78 is 28.8. The maximum atomic E-state index is 5.88. The summed E-state index contributed by atoms with van der Waals surface area (Å²) in [7, 11) is -7.14. The van der Waals surface area contributed by atoms with E-state index in [-0.39, 0.29) is 0 Å². The fourth-order valence-corrected chi connectivity index (χ4v) is 14.4. The Morgan fingerprint density at radius 2 is 1.00 bits per heavy atom. The molecule has 0 N–H and O–H groups in total. The zero-order valence-electron chi connectivity index (χ0n) is 12.6. The molecule has 0 bridgehead atoms. The van der Waals surface area contributed by atoms with Crippen LogP contribution in [0.2, 0.25) is 39.3 Å². The van der Waals surface area contributed by atoms with Crippen LogP contribution in [0, 0.1) is 0 Å². The van der Waals surface area contributed by atoms with Gasteiger partial charge in [-0.2, -0.15) is 0 Å². The van der Waals surface area contributed by atoms with E-state index in [1.165, 1.54) is 0 Å². The first-order valence-corrected chi connectivity index (χ1v) is 17.8. The van der Waals surface area contributed by atoms with E-state index in [1.807, 2.05) is 20.0 Å². The summed E-state index contributed by atoms with van der Waals surface area (Å²) in [5.41, 5.74) is 0. The van der Waals surface area contributed by atoms with Crippen molar-refractivity contribution in [3.05, 3.63) is 0 Å². The SMILES string of the molecule is CCO[SiH](C)O[SiH](C)O[SiH](C)O[SiH](C)O[SiH](C)C. The molecule has 0 heterocycles. The van der Waals surface area contributed by atoms with Gasteiger partial charge in [-0.15, -0.1) is 0 Å². The lowest BCUT2D eigenvalue weighted by atomic mass is 10.9. The van der Waals surface area contributed by atoms with Gasteiger partial charge in [-0.3, -0.25) is 0 Å². The van der Waals surface area contributed by atoms with E-state index < -0.39 is 46.2 Å². The fourth-order valence-electron chi connectivity index (χ4n) is 1.56. The van der Waals surface area contributed by atoms with E-state index in [1.54, 1.807) is 0 Å². The van der Waals surface area contributed by atoms with E-state index in [2.05, 4.69) is 26.2 Å². The number of rotatable bonds is 10. The van der Waals surface area contributed by atoms with Crippen LogP contribution in [0.25, 0.3) is 0 Å². The van der Waals surface area contributed by atoms with Gasteiger partial charge in [0.05, 0.1) is 0 Å². The molecule has 110 valence electrons. The summed E-state index contributed by atoms with van der Waals surface area (Å²) >= 11 is 0. The van der Waals surface area contributed by atoms with Gasteiger partial charge in [0.25, 0.3) is 27.9 Å². The fraction of sp³-hybridized carbons (Fsp3) is 1.00. The molecule has 0 aromatic carbocycles. The largest absolute Gasteiger partial charge is 0.442 e. The van der Waals surface area contributed by atoms with Gasteiger partial charge in [0.15, 0.2) is 9.04 Å². The monoisotopic (exact) mass is 344 g/mol. The summed E-state index contributed by atoms with van der Waals surface area (Å²) in [5.74, 6) is 0. The third-order valence-corrected chi connectivity index (χ3v) is 15.7. The molecule has 0 spiro atoms. The van der Waals surface area contributed by atoms with E-state index in [4.69, 9.17) is 20.9 Å². The van der Waals surface area contributed by atoms with Crippen LogP contribution >= 0.6 is 0 Å². The highest BCUT2D eigenvalue weighted by Gasteiger charge is 2.20. The van der Waals surface area contributed by atoms with Gasteiger partial charge in [-0.25, -0.2) is 0 Å². The van der Waals surface area contributed by atoms with Gasteiger partial charge >= 0.3 is 9.28 Å². The average Bonchev–Trinajstić information content (AvgIpc) is 2.14. The average molecular weight is 345 g/mol. The molecule has 4 atom stereocenters. The topological polar surface area (TPSA) is 46.2 Å². The Morgan fingerprint density at radius 1 is 0.611 bits per heavy atom. The normalized spacial score (nSPS) is 18.7. The van der Waals surface area contributed by atoms with Crippen molar-refractivity contribution >= 4 is 46.2 Å². The van der Waals surface area contributed by atoms with Crippen molar-refractivity contribution < 1.29 is 20.9 Å². The second-order valence-electron chi connectivity index (χ2n) is 4.32. The second kappa shape index (κ2) is 10.6. The van der Waals surface area contributed by atoms with Crippen LogP contribution in [0.1, 0.15) is 6.92 Å². The third kappa shape index (κ3) is 10.8. The Labute approximate surface area is 120 Å². The lowest BCUT2D eigenvalue weighted by Crippen LogP contribution is -2.39. The summed E-state index contributed by atoms with van der Waals surface area (Å²) in [6.07, 6.45) is 0. The minimum atomic E-state index is -1.59. The molecule has 0 rings (SSSR count). The van der Waals surface area contributed by atoms with Gasteiger partial charge in [0.2, 0.25) is 0 Å². The molecule has 0 aliphatic rings. The van der Waals surface area contributed by atoms with Crippen LogP contribution in [0.5, 0.6) is 0 Å². The van der Waals surface area contributed by atoms with Gasteiger partial charge in [0, 0.05) is 6.61 Å². The van der Waals surface area contributed by atoms with Crippen molar-refractivity contribution in [1.82, 2.24) is 0 Å². The maximum Gasteiger partial charge on any atom is 0.309 e. The first-order chi connectivity index (χ1) is 8.35. The lowest BCUT2D eigenvalue weighted by Gasteiger charge is -2.24. The standard InChI is InChI=1S/C8H28O5Si5/c1-8-9-15(4)11-17(6)13-18(7)12-16(5)10-14(2)3/h14-18H,8H2,1-7H3. The Kier molecular flexibility index (Phi) is 11.2. The molecule has 0 aromatic heterocycles. The molecule has 0 aromatic rings. The molecule has 0 fully saturated rings. The van der Waals surface area contributed by atoms with Gasteiger partial charge in [0.1, 0.15) is 0 Å². The lowest BCUT2D eigenvalue weighted by molar-refractivity contribution is 0.269.